The smallest absolute Gasteiger partial charge is 0.244 e. The van der Waals surface area contributed by atoms with Crippen molar-refractivity contribution in [3.05, 3.63) is 87.9 Å². The average molecular weight is 651 g/mol. The summed E-state index contributed by atoms with van der Waals surface area (Å²) in [5, 5.41) is 3.59. The molecule has 3 aromatic rings. The molecule has 1 N–H and O–H groups in total. The molecule has 2 unspecified atom stereocenters. The Labute approximate surface area is 263 Å². The third kappa shape index (κ3) is 9.01. The molecule has 0 heterocycles. The molecule has 0 bridgehead atoms. The maximum Gasteiger partial charge on any atom is 0.244 e. The zero-order valence-electron chi connectivity index (χ0n) is 24.8. The van der Waals surface area contributed by atoms with Gasteiger partial charge >= 0.3 is 0 Å². The molecule has 2 amide bonds. The summed E-state index contributed by atoms with van der Waals surface area (Å²) in [5.41, 5.74) is 1.35. The van der Waals surface area contributed by atoms with E-state index in [1.165, 1.54) is 25.2 Å². The number of rotatable bonds is 14. The second kappa shape index (κ2) is 15.3. The van der Waals surface area contributed by atoms with Crippen LogP contribution in [0.3, 0.4) is 0 Å². The number of halogens is 2. The molecule has 0 aliphatic carbocycles. The second-order valence-corrected chi connectivity index (χ2v) is 12.8. The van der Waals surface area contributed by atoms with Crippen LogP contribution in [0.25, 0.3) is 0 Å². The van der Waals surface area contributed by atoms with Crippen molar-refractivity contribution >= 4 is 50.7 Å². The lowest BCUT2D eigenvalue weighted by atomic mass is 10.0. The van der Waals surface area contributed by atoms with Crippen LogP contribution < -0.4 is 19.1 Å². The van der Waals surface area contributed by atoms with Gasteiger partial charge in [-0.25, -0.2) is 8.42 Å². The molecule has 9 nitrogen and oxygen atoms in total. The van der Waals surface area contributed by atoms with E-state index in [-0.39, 0.29) is 36.4 Å². The summed E-state index contributed by atoms with van der Waals surface area (Å²) >= 11 is 13.0. The van der Waals surface area contributed by atoms with Crippen molar-refractivity contribution in [3.63, 3.8) is 0 Å². The van der Waals surface area contributed by atoms with Crippen molar-refractivity contribution in [2.24, 2.45) is 0 Å². The predicted molar refractivity (Wildman–Crippen MR) is 171 cm³/mol. The first kappa shape index (κ1) is 34.0. The highest BCUT2D eigenvalue weighted by Crippen LogP contribution is 2.34. The fourth-order valence-electron chi connectivity index (χ4n) is 4.44. The number of amides is 2. The SMILES string of the molecule is CCC(C)NC(=O)C(Cc1ccccc1)N(Cc1c(Cl)cccc1Cl)C(=O)CN(c1cc(OC)ccc1OC)S(C)(=O)=O. The zero-order valence-corrected chi connectivity index (χ0v) is 27.2. The number of sulfonamides is 1. The van der Waals surface area contributed by atoms with Crippen molar-refractivity contribution in [2.75, 3.05) is 31.3 Å². The Morgan fingerprint density at radius 2 is 1.60 bits per heavy atom. The van der Waals surface area contributed by atoms with Crippen molar-refractivity contribution < 1.29 is 27.5 Å². The van der Waals surface area contributed by atoms with Crippen molar-refractivity contribution in [3.8, 4) is 11.5 Å². The van der Waals surface area contributed by atoms with E-state index >= 15 is 0 Å². The second-order valence-electron chi connectivity index (χ2n) is 10.1. The van der Waals surface area contributed by atoms with Gasteiger partial charge in [-0.05, 0) is 43.2 Å². The van der Waals surface area contributed by atoms with E-state index in [1.807, 2.05) is 44.2 Å². The van der Waals surface area contributed by atoms with Crippen LogP contribution in [-0.2, 0) is 32.6 Å². The van der Waals surface area contributed by atoms with Gasteiger partial charge in [-0.15, -0.1) is 0 Å². The molecular weight excluding hydrogens is 613 g/mol. The van der Waals surface area contributed by atoms with Gasteiger partial charge in [0.1, 0.15) is 24.1 Å². The lowest BCUT2D eigenvalue weighted by Crippen LogP contribution is -2.54. The maximum absolute atomic E-state index is 14.3. The normalized spacial score (nSPS) is 12.6. The molecule has 3 aromatic carbocycles. The molecule has 0 saturated heterocycles. The quantitative estimate of drug-likeness (QED) is 0.253. The number of carbonyl (C=O) groups excluding carboxylic acids is 2. The van der Waals surface area contributed by atoms with Crippen LogP contribution in [0, 0.1) is 0 Å². The molecule has 0 aliphatic heterocycles. The Hall–Kier alpha value is -3.47. The number of hydrogen-bond acceptors (Lipinski definition) is 6. The van der Waals surface area contributed by atoms with Gasteiger partial charge in [0.15, 0.2) is 0 Å². The van der Waals surface area contributed by atoms with Gasteiger partial charge in [-0.1, -0.05) is 66.5 Å². The molecule has 0 radical (unpaired) electrons. The minimum absolute atomic E-state index is 0.108. The van der Waals surface area contributed by atoms with Crippen LogP contribution in [0.1, 0.15) is 31.4 Å². The Kier molecular flexibility index (Phi) is 12.1. The molecule has 2 atom stereocenters. The van der Waals surface area contributed by atoms with E-state index < -0.39 is 28.5 Å². The number of ether oxygens (including phenoxy) is 2. The van der Waals surface area contributed by atoms with E-state index in [9.17, 15) is 18.0 Å². The van der Waals surface area contributed by atoms with Crippen LogP contribution in [0.5, 0.6) is 11.5 Å². The number of hydrogen-bond donors (Lipinski definition) is 1. The number of carbonyl (C=O) groups is 2. The molecular formula is C31H37Cl2N3O6S. The van der Waals surface area contributed by atoms with Crippen LogP contribution in [-0.4, -0.2) is 64.2 Å². The summed E-state index contributed by atoms with van der Waals surface area (Å²) in [6, 6.07) is 17.7. The highest BCUT2D eigenvalue weighted by molar-refractivity contribution is 7.92. The largest absolute Gasteiger partial charge is 0.497 e. The molecule has 0 aliphatic rings. The Morgan fingerprint density at radius 1 is 0.953 bits per heavy atom. The number of methoxy groups -OCH3 is 2. The van der Waals surface area contributed by atoms with Gasteiger partial charge in [-0.3, -0.25) is 13.9 Å². The summed E-state index contributed by atoms with van der Waals surface area (Å²) < 4.78 is 37.9. The number of nitrogens with zero attached hydrogens (tertiary/aromatic N) is 2. The van der Waals surface area contributed by atoms with Crippen molar-refractivity contribution in [1.82, 2.24) is 10.2 Å². The standard InChI is InChI=1S/C31H37Cl2N3O6S/c1-6-21(2)34-31(38)28(17-22-11-8-7-9-12-22)35(19-24-25(32)13-10-14-26(24)33)30(37)20-36(43(5,39)40)27-18-23(41-3)15-16-29(27)42-4/h7-16,18,21,28H,6,17,19-20H2,1-5H3,(H,34,38). The topological polar surface area (TPSA) is 105 Å². The highest BCUT2D eigenvalue weighted by Gasteiger charge is 2.35. The predicted octanol–water partition coefficient (Wildman–Crippen LogP) is 5.33. The lowest BCUT2D eigenvalue weighted by Gasteiger charge is -2.34. The molecule has 43 heavy (non-hydrogen) atoms. The number of benzene rings is 3. The van der Waals surface area contributed by atoms with Crippen LogP contribution >= 0.6 is 23.2 Å². The Bertz CT molecular complexity index is 1500. The summed E-state index contributed by atoms with van der Waals surface area (Å²) in [7, 11) is -1.18. The molecule has 0 saturated carbocycles. The van der Waals surface area contributed by atoms with Crippen LogP contribution in [0.4, 0.5) is 5.69 Å². The first-order valence-electron chi connectivity index (χ1n) is 13.7. The van der Waals surface area contributed by atoms with E-state index in [2.05, 4.69) is 5.32 Å². The summed E-state index contributed by atoms with van der Waals surface area (Å²) in [5.74, 6) is -0.451. The minimum atomic E-state index is -4.02. The van der Waals surface area contributed by atoms with E-state index in [1.54, 1.807) is 30.3 Å². The first-order valence-corrected chi connectivity index (χ1v) is 16.3. The fourth-order valence-corrected chi connectivity index (χ4v) is 5.80. The van der Waals surface area contributed by atoms with Crippen molar-refractivity contribution in [2.45, 2.75) is 45.3 Å². The third-order valence-electron chi connectivity index (χ3n) is 7.00. The minimum Gasteiger partial charge on any atom is -0.497 e. The molecule has 12 heteroatoms. The van der Waals surface area contributed by atoms with Crippen LogP contribution in [0.2, 0.25) is 10.0 Å². The van der Waals surface area contributed by atoms with Crippen molar-refractivity contribution in [1.29, 1.82) is 0 Å². The molecule has 0 fully saturated rings. The summed E-state index contributed by atoms with van der Waals surface area (Å²) in [4.78, 5) is 29.5. The van der Waals surface area contributed by atoms with E-state index in [0.29, 0.717) is 27.8 Å². The molecule has 0 spiro atoms. The highest BCUT2D eigenvalue weighted by atomic mass is 35.5. The average Bonchev–Trinajstić information content (AvgIpc) is 2.98. The monoisotopic (exact) mass is 649 g/mol. The summed E-state index contributed by atoms with van der Waals surface area (Å²) in [6.07, 6.45) is 1.83. The molecule has 3 rings (SSSR count). The number of anilines is 1. The van der Waals surface area contributed by atoms with E-state index in [0.717, 1.165) is 16.1 Å². The zero-order chi connectivity index (χ0) is 31.7. The van der Waals surface area contributed by atoms with E-state index in [4.69, 9.17) is 32.7 Å². The fraction of sp³-hybridized carbons (Fsp3) is 0.355. The molecule has 0 aromatic heterocycles. The van der Waals surface area contributed by atoms with Crippen LogP contribution in [0.15, 0.2) is 66.7 Å². The number of nitrogens with one attached hydrogen (secondary N) is 1. The van der Waals surface area contributed by atoms with Gasteiger partial charge in [0.25, 0.3) is 0 Å². The van der Waals surface area contributed by atoms with Gasteiger partial charge in [0.2, 0.25) is 21.8 Å². The Morgan fingerprint density at radius 3 is 2.16 bits per heavy atom. The molecule has 232 valence electrons. The third-order valence-corrected chi connectivity index (χ3v) is 8.83. The summed E-state index contributed by atoms with van der Waals surface area (Å²) in [6.45, 7) is 3.03. The lowest BCUT2D eigenvalue weighted by molar-refractivity contribution is -0.140. The van der Waals surface area contributed by atoms with Gasteiger partial charge < -0.3 is 19.7 Å². The maximum atomic E-state index is 14.3. The van der Waals surface area contributed by atoms with Gasteiger partial charge in [0, 0.05) is 40.7 Å². The Balaban J connectivity index is 2.16. The first-order chi connectivity index (χ1) is 20.4. The van der Waals surface area contributed by atoms with Gasteiger partial charge in [0.05, 0.1) is 26.2 Å². The van der Waals surface area contributed by atoms with Gasteiger partial charge in [-0.2, -0.15) is 0 Å².